The normalized spacial score (nSPS) is 11.6. The number of rotatable bonds is 5. The number of benzene rings is 2. The Hall–Kier alpha value is -2.12. The van der Waals surface area contributed by atoms with Crippen LogP contribution in [0.25, 0.3) is 0 Å². The molecule has 0 amide bonds. The summed E-state index contributed by atoms with van der Waals surface area (Å²) < 4.78 is 27.1. The van der Waals surface area contributed by atoms with Gasteiger partial charge in [0.05, 0.1) is 9.79 Å². The summed E-state index contributed by atoms with van der Waals surface area (Å²) in [6, 6.07) is 13.9. The van der Waals surface area contributed by atoms with Crippen LogP contribution >= 0.6 is 11.8 Å². The molecule has 0 N–H and O–H groups in total. The SMILES string of the molecule is Cc1ccc(S(=O)(=O)c2ccc(CSc3nncn3C)cc2)cc1. The van der Waals surface area contributed by atoms with Crippen molar-refractivity contribution in [1.82, 2.24) is 14.8 Å². The van der Waals surface area contributed by atoms with Crippen LogP contribution in [0.15, 0.2) is 69.8 Å². The molecule has 24 heavy (non-hydrogen) atoms. The number of hydrogen-bond acceptors (Lipinski definition) is 5. The van der Waals surface area contributed by atoms with Crippen LogP contribution in [-0.2, 0) is 22.6 Å². The standard InChI is InChI=1S/C17H17N3O2S2/c1-13-3-7-15(8-4-13)24(21,22)16-9-5-14(6-10-16)11-23-17-19-18-12-20(17)2/h3-10,12H,11H2,1-2H3. The fraction of sp³-hybridized carbons (Fsp3) is 0.176. The van der Waals surface area contributed by atoms with Crippen LogP contribution in [0, 0.1) is 6.92 Å². The molecule has 0 fully saturated rings. The second-order valence-corrected chi connectivity index (χ2v) is 8.37. The maximum Gasteiger partial charge on any atom is 0.206 e. The molecular weight excluding hydrogens is 342 g/mol. The van der Waals surface area contributed by atoms with E-state index in [9.17, 15) is 8.42 Å². The molecule has 0 aliphatic rings. The average molecular weight is 359 g/mol. The third-order valence-electron chi connectivity index (χ3n) is 3.60. The minimum atomic E-state index is -3.47. The molecule has 5 nitrogen and oxygen atoms in total. The Morgan fingerprint density at radius 2 is 1.58 bits per heavy atom. The van der Waals surface area contributed by atoms with Crippen molar-refractivity contribution in [3.63, 3.8) is 0 Å². The van der Waals surface area contributed by atoms with Gasteiger partial charge in [0.15, 0.2) is 5.16 Å². The molecule has 0 unspecified atom stereocenters. The maximum atomic E-state index is 12.6. The summed E-state index contributed by atoms with van der Waals surface area (Å²) in [5, 5.41) is 8.67. The summed E-state index contributed by atoms with van der Waals surface area (Å²) in [6.07, 6.45) is 1.65. The smallest absolute Gasteiger partial charge is 0.206 e. The van der Waals surface area contributed by atoms with E-state index in [4.69, 9.17) is 0 Å². The number of nitrogens with zero attached hydrogens (tertiary/aromatic N) is 3. The first kappa shape index (κ1) is 16.7. The van der Waals surface area contributed by atoms with Crippen molar-refractivity contribution in [2.24, 2.45) is 7.05 Å². The van der Waals surface area contributed by atoms with Gasteiger partial charge in [-0.2, -0.15) is 0 Å². The lowest BCUT2D eigenvalue weighted by Gasteiger charge is -2.06. The molecule has 2 aromatic carbocycles. The van der Waals surface area contributed by atoms with E-state index in [1.54, 1.807) is 54.5 Å². The lowest BCUT2D eigenvalue weighted by molar-refractivity contribution is 0.596. The van der Waals surface area contributed by atoms with E-state index in [-0.39, 0.29) is 0 Å². The minimum Gasteiger partial charge on any atom is -0.312 e. The first-order valence-corrected chi connectivity index (χ1v) is 9.81. The highest BCUT2D eigenvalue weighted by Crippen LogP contribution is 2.24. The third kappa shape index (κ3) is 3.52. The Kier molecular flexibility index (Phi) is 4.73. The molecule has 124 valence electrons. The number of sulfone groups is 1. The van der Waals surface area contributed by atoms with Gasteiger partial charge in [0, 0.05) is 12.8 Å². The molecule has 3 rings (SSSR count). The summed E-state index contributed by atoms with van der Waals surface area (Å²) in [6.45, 7) is 1.93. The van der Waals surface area contributed by atoms with E-state index in [1.807, 2.05) is 30.7 Å². The summed E-state index contributed by atoms with van der Waals surface area (Å²) in [5.41, 5.74) is 2.07. The van der Waals surface area contributed by atoms with Gasteiger partial charge in [-0.15, -0.1) is 10.2 Å². The molecule has 0 aliphatic carbocycles. The number of thioether (sulfide) groups is 1. The van der Waals surface area contributed by atoms with Gasteiger partial charge in [0.1, 0.15) is 6.33 Å². The molecular formula is C17H17N3O2S2. The first-order valence-electron chi connectivity index (χ1n) is 7.34. The van der Waals surface area contributed by atoms with E-state index < -0.39 is 9.84 Å². The van der Waals surface area contributed by atoms with E-state index >= 15 is 0 Å². The molecule has 1 aromatic heterocycles. The second-order valence-electron chi connectivity index (χ2n) is 5.47. The molecule has 0 saturated heterocycles. The highest BCUT2D eigenvalue weighted by molar-refractivity contribution is 7.98. The van der Waals surface area contributed by atoms with Crippen molar-refractivity contribution in [2.45, 2.75) is 27.6 Å². The van der Waals surface area contributed by atoms with Gasteiger partial charge in [-0.25, -0.2) is 8.42 Å². The summed E-state index contributed by atoms with van der Waals surface area (Å²) in [4.78, 5) is 0.619. The van der Waals surface area contributed by atoms with Gasteiger partial charge < -0.3 is 4.57 Å². The maximum absolute atomic E-state index is 12.6. The van der Waals surface area contributed by atoms with Crippen LogP contribution < -0.4 is 0 Å². The van der Waals surface area contributed by atoms with Gasteiger partial charge in [0.25, 0.3) is 0 Å². The highest BCUT2D eigenvalue weighted by atomic mass is 32.2. The summed E-state index contributed by atoms with van der Waals surface area (Å²) in [5.74, 6) is 0.706. The van der Waals surface area contributed by atoms with Crippen LogP contribution in [0.2, 0.25) is 0 Å². The summed E-state index contributed by atoms with van der Waals surface area (Å²) in [7, 11) is -1.58. The molecule has 0 atom stereocenters. The predicted octanol–water partition coefficient (Wildman–Crippen LogP) is 3.25. The molecule has 0 aliphatic heterocycles. The number of hydrogen-bond donors (Lipinski definition) is 0. The van der Waals surface area contributed by atoms with Gasteiger partial charge >= 0.3 is 0 Å². The molecule has 3 aromatic rings. The number of aryl methyl sites for hydroxylation is 2. The largest absolute Gasteiger partial charge is 0.312 e. The van der Waals surface area contributed by atoms with Crippen LogP contribution in [-0.4, -0.2) is 23.2 Å². The highest BCUT2D eigenvalue weighted by Gasteiger charge is 2.17. The fourth-order valence-corrected chi connectivity index (χ4v) is 4.27. The van der Waals surface area contributed by atoms with Crippen molar-refractivity contribution in [2.75, 3.05) is 0 Å². The van der Waals surface area contributed by atoms with E-state index in [0.29, 0.717) is 15.5 Å². The molecule has 7 heteroatoms. The topological polar surface area (TPSA) is 64.8 Å². The van der Waals surface area contributed by atoms with E-state index in [1.165, 1.54) is 0 Å². The molecule has 1 heterocycles. The predicted molar refractivity (Wildman–Crippen MR) is 93.6 cm³/mol. The second kappa shape index (κ2) is 6.78. The van der Waals surface area contributed by atoms with Crippen LogP contribution in [0.5, 0.6) is 0 Å². The number of aromatic nitrogens is 3. The zero-order valence-corrected chi connectivity index (χ0v) is 15.0. The molecule has 0 radical (unpaired) electrons. The Balaban J connectivity index is 1.76. The Morgan fingerprint density at radius 1 is 1.00 bits per heavy atom. The van der Waals surface area contributed by atoms with E-state index in [0.717, 1.165) is 16.3 Å². The quantitative estimate of drug-likeness (QED) is 0.654. The van der Waals surface area contributed by atoms with Crippen molar-refractivity contribution < 1.29 is 8.42 Å². The average Bonchev–Trinajstić information content (AvgIpc) is 2.99. The fourth-order valence-electron chi connectivity index (χ4n) is 2.17. The molecule has 0 bridgehead atoms. The summed E-state index contributed by atoms with van der Waals surface area (Å²) >= 11 is 1.56. The van der Waals surface area contributed by atoms with Gasteiger partial charge in [-0.1, -0.05) is 41.6 Å². The van der Waals surface area contributed by atoms with Crippen LogP contribution in [0.4, 0.5) is 0 Å². The van der Waals surface area contributed by atoms with E-state index in [2.05, 4.69) is 10.2 Å². The lowest BCUT2D eigenvalue weighted by atomic mass is 10.2. The Morgan fingerprint density at radius 3 is 2.12 bits per heavy atom. The first-order chi connectivity index (χ1) is 11.5. The zero-order valence-electron chi connectivity index (χ0n) is 13.4. The van der Waals surface area contributed by atoms with Crippen LogP contribution in [0.1, 0.15) is 11.1 Å². The zero-order chi connectivity index (χ0) is 17.2. The van der Waals surface area contributed by atoms with Crippen molar-refractivity contribution in [3.05, 3.63) is 66.0 Å². The Bertz CT molecular complexity index is 931. The van der Waals surface area contributed by atoms with Gasteiger partial charge in [0.2, 0.25) is 9.84 Å². The van der Waals surface area contributed by atoms with Crippen molar-refractivity contribution in [1.29, 1.82) is 0 Å². The lowest BCUT2D eigenvalue weighted by Crippen LogP contribution is -2.02. The van der Waals surface area contributed by atoms with Crippen molar-refractivity contribution >= 4 is 21.6 Å². The molecule has 0 saturated carbocycles. The monoisotopic (exact) mass is 359 g/mol. The van der Waals surface area contributed by atoms with Gasteiger partial charge in [-0.05, 0) is 36.8 Å². The minimum absolute atomic E-state index is 0.304. The van der Waals surface area contributed by atoms with Crippen LogP contribution in [0.3, 0.4) is 0 Å². The van der Waals surface area contributed by atoms with Crippen molar-refractivity contribution in [3.8, 4) is 0 Å². The molecule has 0 spiro atoms. The third-order valence-corrected chi connectivity index (χ3v) is 6.49. The Labute approximate surface area is 145 Å². The van der Waals surface area contributed by atoms with Gasteiger partial charge in [-0.3, -0.25) is 0 Å².